The molecule has 0 aliphatic heterocycles. The second-order valence-electron chi connectivity index (χ2n) is 5.69. The van der Waals surface area contributed by atoms with Gasteiger partial charge < -0.3 is 0 Å². The van der Waals surface area contributed by atoms with Crippen LogP contribution in [0.25, 0.3) is 10.8 Å². The second kappa shape index (κ2) is 6.12. The summed E-state index contributed by atoms with van der Waals surface area (Å²) >= 11 is -2.13. The van der Waals surface area contributed by atoms with E-state index in [9.17, 15) is 0 Å². The molecular formula is C16H20OSiSn. The van der Waals surface area contributed by atoms with Crippen LogP contribution < -0.4 is 3.58 Å². The van der Waals surface area contributed by atoms with Crippen molar-refractivity contribution in [2.24, 2.45) is 0 Å². The van der Waals surface area contributed by atoms with Gasteiger partial charge in [-0.3, -0.25) is 0 Å². The van der Waals surface area contributed by atoms with Gasteiger partial charge in [0, 0.05) is 0 Å². The topological polar surface area (TPSA) is 9.23 Å². The Hall–Kier alpha value is -0.764. The summed E-state index contributed by atoms with van der Waals surface area (Å²) in [6.45, 7) is 0.545. The van der Waals surface area contributed by atoms with E-state index in [4.69, 9.17) is 4.43 Å². The van der Waals surface area contributed by atoms with Gasteiger partial charge in [-0.1, -0.05) is 0 Å². The summed E-state index contributed by atoms with van der Waals surface area (Å²) in [7, 11) is 0.748. The number of hydrogen-bond acceptors (Lipinski definition) is 1. The van der Waals surface area contributed by atoms with E-state index in [1.165, 1.54) is 10.8 Å². The molecule has 1 nitrogen and oxygen atoms in total. The van der Waals surface area contributed by atoms with Crippen molar-refractivity contribution < 1.29 is 4.43 Å². The molecule has 0 amide bonds. The van der Waals surface area contributed by atoms with Crippen LogP contribution in [0.1, 0.15) is 5.56 Å². The first-order chi connectivity index (χ1) is 9.04. The van der Waals surface area contributed by atoms with Crippen LogP contribution in [0.4, 0.5) is 0 Å². The van der Waals surface area contributed by atoms with Crippen LogP contribution in [0.15, 0.2) is 36.4 Å². The molecule has 2 rings (SSSR count). The van der Waals surface area contributed by atoms with Gasteiger partial charge in [-0.2, -0.15) is 0 Å². The van der Waals surface area contributed by atoms with Crippen LogP contribution in [0.5, 0.6) is 0 Å². The third-order valence-electron chi connectivity index (χ3n) is 3.15. The van der Waals surface area contributed by atoms with Crippen LogP contribution >= 0.6 is 0 Å². The molecule has 0 aliphatic carbocycles. The molecule has 2 aromatic rings. The Bertz CT molecular complexity index is 642. The molecule has 2 aromatic carbocycles. The number of fused-ring (bicyclic) bond motifs is 1. The van der Waals surface area contributed by atoms with Crippen molar-refractivity contribution in [1.29, 1.82) is 0 Å². The molecule has 0 spiro atoms. The van der Waals surface area contributed by atoms with Crippen molar-refractivity contribution in [2.45, 2.75) is 14.8 Å². The summed E-state index contributed by atoms with van der Waals surface area (Å²) in [5.74, 6) is 6.39. The zero-order valence-corrected chi connectivity index (χ0v) is 16.9. The summed E-state index contributed by atoms with van der Waals surface area (Å²) in [5, 5.41) is 2.68. The molecule has 19 heavy (non-hydrogen) atoms. The Kier molecular flexibility index (Phi) is 4.72. The van der Waals surface area contributed by atoms with Gasteiger partial charge >= 0.3 is 123 Å². The summed E-state index contributed by atoms with van der Waals surface area (Å²) in [4.78, 5) is 7.36. The van der Waals surface area contributed by atoms with Gasteiger partial charge in [-0.15, -0.1) is 0 Å². The van der Waals surface area contributed by atoms with Gasteiger partial charge in [0.15, 0.2) is 0 Å². The Balaban J connectivity index is 2.69. The molecule has 0 saturated heterocycles. The Morgan fingerprint density at radius 1 is 1.11 bits per heavy atom. The zero-order valence-electron chi connectivity index (χ0n) is 12.1. The van der Waals surface area contributed by atoms with Gasteiger partial charge in [0.25, 0.3) is 0 Å². The van der Waals surface area contributed by atoms with E-state index >= 15 is 0 Å². The fraction of sp³-hybridized carbons (Fsp3) is 0.250. The number of hydrogen-bond donors (Lipinski definition) is 0. The van der Waals surface area contributed by atoms with Gasteiger partial charge in [0.1, 0.15) is 0 Å². The molecule has 0 bridgehead atoms. The summed E-state index contributed by atoms with van der Waals surface area (Å²) in [5.41, 5.74) is 1.15. The van der Waals surface area contributed by atoms with Gasteiger partial charge in [-0.05, 0) is 0 Å². The molecule has 0 aromatic heterocycles. The number of benzene rings is 2. The van der Waals surface area contributed by atoms with Crippen LogP contribution in [-0.2, 0) is 4.43 Å². The summed E-state index contributed by atoms with van der Waals surface area (Å²) in [6, 6.07) is 13.1. The van der Waals surface area contributed by atoms with Crippen LogP contribution in [0, 0.1) is 11.8 Å². The van der Waals surface area contributed by atoms with E-state index in [1.54, 1.807) is 3.58 Å². The first-order valence-corrected chi connectivity index (χ1v) is 17.3. The monoisotopic (exact) mass is 376 g/mol. The minimum atomic E-state index is -2.13. The Labute approximate surface area is 122 Å². The van der Waals surface area contributed by atoms with Crippen molar-refractivity contribution >= 4 is 43.2 Å². The van der Waals surface area contributed by atoms with Crippen molar-refractivity contribution in [3.05, 3.63) is 42.0 Å². The maximum atomic E-state index is 5.15. The quantitative estimate of drug-likeness (QED) is 0.577. The van der Waals surface area contributed by atoms with Gasteiger partial charge in [0.05, 0.1) is 0 Å². The normalized spacial score (nSPS) is 11.3. The number of rotatable bonds is 2. The molecule has 0 N–H and O–H groups in total. The van der Waals surface area contributed by atoms with Crippen molar-refractivity contribution in [2.75, 3.05) is 6.61 Å². The van der Waals surface area contributed by atoms with E-state index in [-0.39, 0.29) is 0 Å². The zero-order chi connectivity index (χ0) is 13.9. The first-order valence-electron chi connectivity index (χ1n) is 6.54. The molecule has 0 fully saturated rings. The van der Waals surface area contributed by atoms with Gasteiger partial charge in [-0.25, -0.2) is 0 Å². The van der Waals surface area contributed by atoms with Crippen molar-refractivity contribution in [3.8, 4) is 11.8 Å². The van der Waals surface area contributed by atoms with Crippen LogP contribution in [-0.4, -0.2) is 35.5 Å². The molecule has 0 heterocycles. The maximum absolute atomic E-state index is 5.15. The second-order valence-corrected chi connectivity index (χ2v) is 20.7. The average molecular weight is 375 g/mol. The predicted molar refractivity (Wildman–Crippen MR) is 89.7 cm³/mol. The minimum absolute atomic E-state index is 0.545. The summed E-state index contributed by atoms with van der Waals surface area (Å²) < 4.78 is 6.71. The molecule has 0 unspecified atom stereocenters. The molecular weight excluding hydrogens is 355 g/mol. The molecule has 0 aliphatic rings. The van der Waals surface area contributed by atoms with Gasteiger partial charge in [0.2, 0.25) is 0 Å². The standard InChI is InChI=1S/C13H11OSi.3CH3.Sn/c15-14-10-4-8-12-7-3-6-11-5-1-2-9-13(11)12;;;;/h1-3,5-7H,10H2,15H3;3*1H3;. The third-order valence-corrected chi connectivity index (χ3v) is 9.24. The van der Waals surface area contributed by atoms with Crippen molar-refractivity contribution in [3.63, 3.8) is 0 Å². The van der Waals surface area contributed by atoms with E-state index in [2.05, 4.69) is 63.1 Å². The fourth-order valence-electron chi connectivity index (χ4n) is 2.27. The van der Waals surface area contributed by atoms with E-state index in [1.807, 2.05) is 0 Å². The van der Waals surface area contributed by atoms with E-state index < -0.39 is 18.4 Å². The Morgan fingerprint density at radius 3 is 2.42 bits per heavy atom. The first kappa shape index (κ1) is 14.6. The predicted octanol–water partition coefficient (Wildman–Crippen LogP) is 2.03. The Morgan fingerprint density at radius 2 is 1.79 bits per heavy atom. The summed E-state index contributed by atoms with van der Waals surface area (Å²) in [6.07, 6.45) is 0. The molecule has 3 heteroatoms. The third kappa shape index (κ3) is 3.41. The fourth-order valence-corrected chi connectivity index (χ4v) is 7.06. The molecule has 0 radical (unpaired) electrons. The van der Waals surface area contributed by atoms with Crippen molar-refractivity contribution in [1.82, 2.24) is 0 Å². The molecule has 0 atom stereocenters. The van der Waals surface area contributed by atoms with E-state index in [0.717, 1.165) is 16.0 Å². The average Bonchev–Trinajstić information content (AvgIpc) is 2.37. The van der Waals surface area contributed by atoms with Crippen LogP contribution in [0.3, 0.4) is 0 Å². The molecule has 98 valence electrons. The van der Waals surface area contributed by atoms with E-state index in [0.29, 0.717) is 6.61 Å². The molecule has 0 saturated carbocycles. The SMILES string of the molecule is [CH3][Sn]([CH3])([CH3])[c]1cccc2cccc(C#CCO[SiH3])c12. The van der Waals surface area contributed by atoms with Crippen LogP contribution in [0.2, 0.25) is 14.8 Å².